The quantitative estimate of drug-likeness (QED) is 0.691. The molecule has 3 nitrogen and oxygen atoms in total. The van der Waals surface area contributed by atoms with E-state index in [0.29, 0.717) is 18.4 Å². The van der Waals surface area contributed by atoms with E-state index in [1.165, 1.54) is 12.1 Å². The number of H-pyrrole nitrogens is 1. The molecule has 0 amide bonds. The highest BCUT2D eigenvalue weighted by Crippen LogP contribution is 2.23. The van der Waals surface area contributed by atoms with Crippen molar-refractivity contribution < 1.29 is 9.18 Å². The minimum atomic E-state index is -0.229. The van der Waals surface area contributed by atoms with Crippen molar-refractivity contribution in [1.82, 2.24) is 4.98 Å². The van der Waals surface area contributed by atoms with Crippen LogP contribution in [0.15, 0.2) is 71.7 Å². The fourth-order valence-electron chi connectivity index (χ4n) is 2.90. The zero-order valence-electron chi connectivity index (χ0n) is 14.4. The molecule has 0 spiro atoms. The molecule has 0 fully saturated rings. The van der Waals surface area contributed by atoms with E-state index in [1.807, 2.05) is 30.3 Å². The van der Waals surface area contributed by atoms with Gasteiger partial charge in [-0.1, -0.05) is 48.5 Å². The molecule has 1 aromatic heterocycles. The zero-order valence-corrected chi connectivity index (χ0v) is 14.4. The summed E-state index contributed by atoms with van der Waals surface area (Å²) in [6.45, 7) is 0. The van der Waals surface area contributed by atoms with Crippen LogP contribution in [-0.2, 0) is 17.6 Å². The Morgan fingerprint density at radius 2 is 1.65 bits per heavy atom. The maximum Gasteiger partial charge on any atom is 0.247 e. The molecule has 0 atom stereocenters. The van der Waals surface area contributed by atoms with Crippen molar-refractivity contribution in [3.8, 4) is 11.1 Å². The minimum Gasteiger partial charge on any atom is -0.329 e. The number of halogens is 1. The number of pyridine rings is 1. The lowest BCUT2D eigenvalue weighted by molar-refractivity contribution is -0.118. The highest BCUT2D eigenvalue weighted by molar-refractivity contribution is 5.80. The van der Waals surface area contributed by atoms with Gasteiger partial charge in [-0.25, -0.2) is 4.39 Å². The van der Waals surface area contributed by atoms with Gasteiger partial charge in [-0.3, -0.25) is 9.59 Å². The normalized spacial score (nSPS) is 10.7. The number of aromatic amines is 1. The molecule has 1 heterocycles. The Balaban J connectivity index is 1.50. The van der Waals surface area contributed by atoms with E-state index in [2.05, 4.69) is 4.98 Å². The molecule has 4 heteroatoms. The monoisotopic (exact) mass is 349 g/mol. The number of nitrogens with one attached hydrogen (secondary N) is 1. The SMILES string of the molecule is O=C(CCCc1ccc(-c2ccccc2F)cc1)Cc1ccc(=O)[nH]c1. The predicted molar refractivity (Wildman–Crippen MR) is 101 cm³/mol. The van der Waals surface area contributed by atoms with Crippen LogP contribution in [0.4, 0.5) is 4.39 Å². The van der Waals surface area contributed by atoms with E-state index < -0.39 is 0 Å². The number of Topliss-reactive ketones (excluding diaryl/α,β-unsaturated/α-hetero) is 1. The minimum absolute atomic E-state index is 0.153. The van der Waals surface area contributed by atoms with Crippen LogP contribution in [0.1, 0.15) is 24.0 Å². The summed E-state index contributed by atoms with van der Waals surface area (Å²) < 4.78 is 13.8. The molecule has 3 aromatic rings. The summed E-state index contributed by atoms with van der Waals surface area (Å²) >= 11 is 0. The molecule has 1 N–H and O–H groups in total. The first kappa shape index (κ1) is 17.8. The predicted octanol–water partition coefficient (Wildman–Crippen LogP) is 4.32. The lowest BCUT2D eigenvalue weighted by Gasteiger charge is -2.06. The highest BCUT2D eigenvalue weighted by Gasteiger charge is 2.06. The summed E-state index contributed by atoms with van der Waals surface area (Å²) in [7, 11) is 0. The van der Waals surface area contributed by atoms with Crippen LogP contribution < -0.4 is 5.56 Å². The number of hydrogen-bond donors (Lipinski definition) is 1. The first-order valence-corrected chi connectivity index (χ1v) is 8.65. The van der Waals surface area contributed by atoms with Crippen molar-refractivity contribution >= 4 is 5.78 Å². The summed E-state index contributed by atoms with van der Waals surface area (Å²) in [6, 6.07) is 17.6. The van der Waals surface area contributed by atoms with E-state index in [9.17, 15) is 14.0 Å². The molecule has 132 valence electrons. The van der Waals surface area contributed by atoms with Gasteiger partial charge in [0.25, 0.3) is 0 Å². The average Bonchev–Trinajstić information content (AvgIpc) is 2.65. The number of ketones is 1. The Morgan fingerprint density at radius 3 is 2.35 bits per heavy atom. The second-order valence-corrected chi connectivity index (χ2v) is 6.31. The maximum absolute atomic E-state index is 13.8. The lowest BCUT2D eigenvalue weighted by Crippen LogP contribution is -2.07. The maximum atomic E-state index is 13.8. The van der Waals surface area contributed by atoms with Crippen LogP contribution in [-0.4, -0.2) is 10.8 Å². The number of aromatic nitrogens is 1. The van der Waals surface area contributed by atoms with Gasteiger partial charge in [-0.2, -0.15) is 0 Å². The molecule has 0 saturated carbocycles. The largest absolute Gasteiger partial charge is 0.329 e. The summed E-state index contributed by atoms with van der Waals surface area (Å²) in [6.07, 6.45) is 3.98. The van der Waals surface area contributed by atoms with Gasteiger partial charge in [0.15, 0.2) is 0 Å². The van der Waals surface area contributed by atoms with Crippen LogP contribution in [0.5, 0.6) is 0 Å². The fraction of sp³-hybridized carbons (Fsp3) is 0.182. The molecule has 3 rings (SSSR count). The lowest BCUT2D eigenvalue weighted by atomic mass is 10.00. The van der Waals surface area contributed by atoms with Crippen molar-refractivity contribution in [3.63, 3.8) is 0 Å². The van der Waals surface area contributed by atoms with Crippen molar-refractivity contribution in [2.75, 3.05) is 0 Å². The zero-order chi connectivity index (χ0) is 18.4. The smallest absolute Gasteiger partial charge is 0.247 e. The Labute approximate surface area is 151 Å². The third-order valence-corrected chi connectivity index (χ3v) is 4.31. The molecular formula is C22H20FNO2. The molecule has 0 unspecified atom stereocenters. The Bertz CT molecular complexity index is 924. The number of carbonyl (C=O) groups is 1. The van der Waals surface area contributed by atoms with Gasteiger partial charge in [0.2, 0.25) is 5.56 Å². The first-order valence-electron chi connectivity index (χ1n) is 8.65. The van der Waals surface area contributed by atoms with Gasteiger partial charge in [0, 0.05) is 30.7 Å². The van der Waals surface area contributed by atoms with Gasteiger partial charge >= 0.3 is 0 Å². The molecule has 0 aliphatic rings. The van der Waals surface area contributed by atoms with Crippen molar-refractivity contribution in [1.29, 1.82) is 0 Å². The summed E-state index contributed by atoms with van der Waals surface area (Å²) in [5.41, 5.74) is 3.22. The Hall–Kier alpha value is -3.01. The molecule has 0 radical (unpaired) electrons. The molecule has 26 heavy (non-hydrogen) atoms. The van der Waals surface area contributed by atoms with Crippen molar-refractivity contribution in [3.05, 3.63) is 94.2 Å². The second-order valence-electron chi connectivity index (χ2n) is 6.31. The van der Waals surface area contributed by atoms with Crippen LogP contribution >= 0.6 is 0 Å². The highest BCUT2D eigenvalue weighted by atomic mass is 19.1. The molecule has 0 aliphatic carbocycles. The van der Waals surface area contributed by atoms with Crippen LogP contribution in [0.3, 0.4) is 0 Å². The second kappa shape index (κ2) is 8.39. The van der Waals surface area contributed by atoms with E-state index in [0.717, 1.165) is 29.5 Å². The van der Waals surface area contributed by atoms with Gasteiger partial charge in [-0.15, -0.1) is 0 Å². The van der Waals surface area contributed by atoms with Crippen LogP contribution in [0, 0.1) is 5.82 Å². The van der Waals surface area contributed by atoms with Crippen molar-refractivity contribution in [2.45, 2.75) is 25.7 Å². The van der Waals surface area contributed by atoms with Crippen molar-refractivity contribution in [2.24, 2.45) is 0 Å². The topological polar surface area (TPSA) is 49.9 Å². The fourth-order valence-corrected chi connectivity index (χ4v) is 2.90. The third kappa shape index (κ3) is 4.76. The number of carbonyl (C=O) groups excluding carboxylic acids is 1. The Morgan fingerprint density at radius 1 is 0.923 bits per heavy atom. The molecule has 0 saturated heterocycles. The number of benzene rings is 2. The first-order chi connectivity index (χ1) is 12.6. The Kier molecular flexibility index (Phi) is 5.74. The number of hydrogen-bond acceptors (Lipinski definition) is 2. The van der Waals surface area contributed by atoms with E-state index in [-0.39, 0.29) is 17.2 Å². The molecule has 0 aliphatic heterocycles. The van der Waals surface area contributed by atoms with E-state index in [4.69, 9.17) is 0 Å². The van der Waals surface area contributed by atoms with E-state index in [1.54, 1.807) is 24.4 Å². The molecule has 2 aromatic carbocycles. The van der Waals surface area contributed by atoms with Gasteiger partial charge in [0.1, 0.15) is 11.6 Å². The summed E-state index contributed by atoms with van der Waals surface area (Å²) in [4.78, 5) is 25.6. The van der Waals surface area contributed by atoms with Crippen LogP contribution in [0.2, 0.25) is 0 Å². The van der Waals surface area contributed by atoms with Gasteiger partial charge in [0.05, 0.1) is 0 Å². The number of aryl methyl sites for hydroxylation is 1. The molecular weight excluding hydrogens is 329 g/mol. The average molecular weight is 349 g/mol. The van der Waals surface area contributed by atoms with Gasteiger partial charge < -0.3 is 4.98 Å². The van der Waals surface area contributed by atoms with Gasteiger partial charge in [-0.05, 0) is 35.6 Å². The standard InChI is InChI=1S/C22H20FNO2/c23-21-7-2-1-6-20(21)18-11-8-16(9-12-18)4-3-5-19(25)14-17-10-13-22(26)24-15-17/h1-2,6-13,15H,3-5,14H2,(H,24,26). The number of rotatable bonds is 7. The third-order valence-electron chi connectivity index (χ3n) is 4.31. The van der Waals surface area contributed by atoms with E-state index >= 15 is 0 Å². The summed E-state index contributed by atoms with van der Waals surface area (Å²) in [5.74, 6) is -0.0758. The summed E-state index contributed by atoms with van der Waals surface area (Å²) in [5, 5.41) is 0. The van der Waals surface area contributed by atoms with Crippen LogP contribution in [0.25, 0.3) is 11.1 Å². The molecule has 0 bridgehead atoms.